The number of hydrogen-bond acceptors (Lipinski definition) is 5. The average molecular weight is 500 g/mol. The summed E-state index contributed by atoms with van der Waals surface area (Å²) in [5.41, 5.74) is 3.76. The van der Waals surface area contributed by atoms with Crippen LogP contribution < -0.4 is 10.9 Å². The zero-order valence-electron chi connectivity index (χ0n) is 20.8. The van der Waals surface area contributed by atoms with Crippen molar-refractivity contribution in [1.82, 2.24) is 14.9 Å². The number of ketones is 1. The van der Waals surface area contributed by atoms with E-state index >= 15 is 0 Å². The molecule has 0 spiro atoms. The molecule has 1 atom stereocenters. The third-order valence-corrected chi connectivity index (χ3v) is 6.97. The molecule has 1 amide bonds. The number of aromatic nitrogens is 2. The molecular weight excluding hydrogens is 470 g/mol. The number of rotatable bonds is 8. The van der Waals surface area contributed by atoms with Crippen LogP contribution in [0.25, 0.3) is 16.6 Å². The number of thioether (sulfide) groups is 1. The molecule has 1 N–H and O–H groups in total. The van der Waals surface area contributed by atoms with Crippen molar-refractivity contribution in [3.63, 3.8) is 0 Å². The van der Waals surface area contributed by atoms with Gasteiger partial charge in [0.2, 0.25) is 5.91 Å². The molecule has 4 rings (SSSR count). The average Bonchev–Trinajstić information content (AvgIpc) is 2.87. The highest BCUT2D eigenvalue weighted by atomic mass is 32.2. The summed E-state index contributed by atoms with van der Waals surface area (Å²) in [5.74, 6) is 0.171. The van der Waals surface area contributed by atoms with Crippen molar-refractivity contribution in [1.29, 1.82) is 0 Å². The lowest BCUT2D eigenvalue weighted by Crippen LogP contribution is -2.23. The Morgan fingerprint density at radius 3 is 2.31 bits per heavy atom. The minimum Gasteiger partial charge on any atom is -0.350 e. The van der Waals surface area contributed by atoms with Crippen molar-refractivity contribution < 1.29 is 9.59 Å². The van der Waals surface area contributed by atoms with Gasteiger partial charge < -0.3 is 5.32 Å². The number of nitrogens with zero attached hydrogens (tertiary/aromatic N) is 2. The Bertz CT molecular complexity index is 1480. The topological polar surface area (TPSA) is 81.1 Å². The van der Waals surface area contributed by atoms with Crippen molar-refractivity contribution >= 4 is 34.4 Å². The van der Waals surface area contributed by atoms with E-state index in [4.69, 9.17) is 4.98 Å². The largest absolute Gasteiger partial charge is 0.350 e. The summed E-state index contributed by atoms with van der Waals surface area (Å²) in [5, 5.41) is 3.86. The van der Waals surface area contributed by atoms with Gasteiger partial charge in [0.05, 0.1) is 28.4 Å². The van der Waals surface area contributed by atoms with Gasteiger partial charge in [-0.3, -0.25) is 19.0 Å². The normalized spacial score (nSPS) is 12.0. The molecule has 0 saturated heterocycles. The van der Waals surface area contributed by atoms with Gasteiger partial charge in [-0.2, -0.15) is 0 Å². The monoisotopic (exact) mass is 499 g/mol. The first-order chi connectivity index (χ1) is 17.3. The standard InChI is InChI=1S/C29H29N3O3S/c1-18(2)23-9-6-8-12-26(23)32-28(35)24-10-5-7-11-25(24)31-29(32)36-17-27(34)22-15-13-21(14-16-22)19(3)30-20(4)33/h5-16,18-19H,17H2,1-4H3,(H,30,33). The van der Waals surface area contributed by atoms with Crippen LogP contribution in [0.1, 0.15) is 61.1 Å². The van der Waals surface area contributed by atoms with E-state index in [-0.39, 0.29) is 35.0 Å². The summed E-state index contributed by atoms with van der Waals surface area (Å²) in [6.45, 7) is 7.55. The number of fused-ring (bicyclic) bond motifs is 1. The third-order valence-electron chi connectivity index (χ3n) is 6.03. The number of Topliss-reactive ketones (excluding diaryl/α,β-unsaturated/α-hetero) is 1. The molecular formula is C29H29N3O3S. The Morgan fingerprint density at radius 2 is 1.61 bits per heavy atom. The number of benzene rings is 3. The molecule has 1 heterocycles. The van der Waals surface area contributed by atoms with Gasteiger partial charge in [0.25, 0.3) is 5.56 Å². The minimum absolute atomic E-state index is 0.0650. The Hall–Kier alpha value is -3.71. The van der Waals surface area contributed by atoms with Crippen LogP contribution in [0.3, 0.4) is 0 Å². The highest BCUT2D eigenvalue weighted by Gasteiger charge is 2.18. The van der Waals surface area contributed by atoms with E-state index in [0.29, 0.717) is 21.6 Å². The van der Waals surface area contributed by atoms with Crippen LogP contribution in [-0.4, -0.2) is 27.0 Å². The van der Waals surface area contributed by atoms with Crippen LogP contribution in [0.2, 0.25) is 0 Å². The molecule has 7 heteroatoms. The van der Waals surface area contributed by atoms with Gasteiger partial charge in [-0.1, -0.05) is 80.2 Å². The van der Waals surface area contributed by atoms with E-state index in [0.717, 1.165) is 16.8 Å². The molecule has 4 aromatic rings. The van der Waals surface area contributed by atoms with E-state index in [1.807, 2.05) is 61.5 Å². The first-order valence-corrected chi connectivity index (χ1v) is 12.9. The molecule has 0 bridgehead atoms. The minimum atomic E-state index is -0.153. The van der Waals surface area contributed by atoms with Crippen molar-refractivity contribution in [2.45, 2.75) is 44.8 Å². The summed E-state index contributed by atoms with van der Waals surface area (Å²) in [7, 11) is 0. The highest BCUT2D eigenvalue weighted by molar-refractivity contribution is 7.99. The lowest BCUT2D eigenvalue weighted by Gasteiger charge is -2.18. The van der Waals surface area contributed by atoms with Crippen LogP contribution in [-0.2, 0) is 4.79 Å². The van der Waals surface area contributed by atoms with Crippen LogP contribution >= 0.6 is 11.8 Å². The number of amides is 1. The Labute approximate surface area is 214 Å². The molecule has 6 nitrogen and oxygen atoms in total. The SMILES string of the molecule is CC(=O)NC(C)c1ccc(C(=O)CSc2nc3ccccc3c(=O)n2-c2ccccc2C(C)C)cc1. The molecule has 3 aromatic carbocycles. The maximum Gasteiger partial charge on any atom is 0.266 e. The highest BCUT2D eigenvalue weighted by Crippen LogP contribution is 2.27. The maximum absolute atomic E-state index is 13.6. The van der Waals surface area contributed by atoms with Crippen LogP contribution in [0.4, 0.5) is 0 Å². The maximum atomic E-state index is 13.6. The fourth-order valence-electron chi connectivity index (χ4n) is 4.16. The van der Waals surface area contributed by atoms with Crippen LogP contribution in [0.15, 0.2) is 82.7 Å². The lowest BCUT2D eigenvalue weighted by atomic mass is 10.0. The Morgan fingerprint density at radius 1 is 0.944 bits per heavy atom. The van der Waals surface area contributed by atoms with Crippen LogP contribution in [0.5, 0.6) is 0 Å². The van der Waals surface area contributed by atoms with Crippen molar-refractivity contribution in [3.05, 3.63) is 99.8 Å². The van der Waals surface area contributed by atoms with Crippen LogP contribution in [0, 0.1) is 0 Å². The Kier molecular flexibility index (Phi) is 7.70. The summed E-state index contributed by atoms with van der Waals surface area (Å²) >= 11 is 1.26. The summed E-state index contributed by atoms with van der Waals surface area (Å²) < 4.78 is 1.63. The number of carbonyl (C=O) groups excluding carboxylic acids is 2. The van der Waals surface area contributed by atoms with Gasteiger partial charge in [0.15, 0.2) is 10.9 Å². The molecule has 0 saturated carbocycles. The zero-order valence-corrected chi connectivity index (χ0v) is 21.6. The van der Waals surface area contributed by atoms with Gasteiger partial charge in [0, 0.05) is 12.5 Å². The van der Waals surface area contributed by atoms with Crippen molar-refractivity contribution in [2.75, 3.05) is 5.75 Å². The third kappa shape index (κ3) is 5.41. The fraction of sp³-hybridized carbons (Fsp3) is 0.241. The zero-order chi connectivity index (χ0) is 25.8. The van der Waals surface area contributed by atoms with E-state index in [2.05, 4.69) is 19.2 Å². The first kappa shape index (κ1) is 25.4. The summed E-state index contributed by atoms with van der Waals surface area (Å²) in [6.07, 6.45) is 0. The molecule has 1 unspecified atom stereocenters. The predicted molar refractivity (Wildman–Crippen MR) is 145 cm³/mol. The van der Waals surface area contributed by atoms with E-state index in [1.165, 1.54) is 18.7 Å². The van der Waals surface area contributed by atoms with E-state index in [9.17, 15) is 14.4 Å². The van der Waals surface area contributed by atoms with Gasteiger partial charge in [-0.05, 0) is 42.2 Å². The van der Waals surface area contributed by atoms with Crippen molar-refractivity contribution in [3.8, 4) is 5.69 Å². The summed E-state index contributed by atoms with van der Waals surface area (Å²) in [6, 6.07) is 22.2. The van der Waals surface area contributed by atoms with Crippen molar-refractivity contribution in [2.24, 2.45) is 0 Å². The second kappa shape index (κ2) is 10.9. The van der Waals surface area contributed by atoms with E-state index in [1.54, 1.807) is 22.8 Å². The number of para-hydroxylation sites is 2. The fourth-order valence-corrected chi connectivity index (χ4v) is 5.06. The molecule has 1 aromatic heterocycles. The van der Waals surface area contributed by atoms with Gasteiger partial charge >= 0.3 is 0 Å². The lowest BCUT2D eigenvalue weighted by molar-refractivity contribution is -0.119. The summed E-state index contributed by atoms with van der Waals surface area (Å²) in [4.78, 5) is 42.7. The molecule has 0 aliphatic rings. The first-order valence-electron chi connectivity index (χ1n) is 11.9. The molecule has 184 valence electrons. The Balaban J connectivity index is 1.67. The molecule has 0 radical (unpaired) electrons. The van der Waals surface area contributed by atoms with Gasteiger partial charge in [-0.25, -0.2) is 4.98 Å². The van der Waals surface area contributed by atoms with Gasteiger partial charge in [0.1, 0.15) is 0 Å². The molecule has 0 aliphatic heterocycles. The smallest absolute Gasteiger partial charge is 0.266 e. The number of nitrogens with one attached hydrogen (secondary N) is 1. The molecule has 0 aliphatic carbocycles. The molecule has 0 fully saturated rings. The van der Waals surface area contributed by atoms with E-state index < -0.39 is 0 Å². The van der Waals surface area contributed by atoms with Gasteiger partial charge in [-0.15, -0.1) is 0 Å². The predicted octanol–water partition coefficient (Wildman–Crippen LogP) is 5.68. The number of carbonyl (C=O) groups is 2. The quantitative estimate of drug-likeness (QED) is 0.192. The molecule has 36 heavy (non-hydrogen) atoms. The number of hydrogen-bond donors (Lipinski definition) is 1. The second-order valence-corrected chi connectivity index (χ2v) is 9.96. The second-order valence-electron chi connectivity index (χ2n) is 9.02.